The summed E-state index contributed by atoms with van der Waals surface area (Å²) in [4.78, 5) is 23.0. The number of hydrogen-bond donors (Lipinski definition) is 0. The number of ether oxygens (including phenoxy) is 3. The lowest BCUT2D eigenvalue weighted by Gasteiger charge is -2.11. The molecule has 0 heterocycles. The highest BCUT2D eigenvalue weighted by molar-refractivity contribution is 5.91. The normalized spacial score (nSPS) is 10.3. The van der Waals surface area contributed by atoms with Crippen LogP contribution in [-0.2, 0) is 20.7 Å². The van der Waals surface area contributed by atoms with Crippen molar-refractivity contribution in [2.45, 2.75) is 26.4 Å². The van der Waals surface area contributed by atoms with Crippen LogP contribution in [0, 0.1) is 0 Å². The van der Waals surface area contributed by atoms with Crippen LogP contribution in [0.15, 0.2) is 18.2 Å². The second-order valence-corrected chi connectivity index (χ2v) is 3.99. The zero-order valence-electron chi connectivity index (χ0n) is 11.7. The van der Waals surface area contributed by atoms with E-state index in [0.29, 0.717) is 5.56 Å². The number of halogens is 2. The minimum atomic E-state index is -2.99. The third-order valence-corrected chi connectivity index (χ3v) is 2.63. The van der Waals surface area contributed by atoms with E-state index in [1.165, 1.54) is 25.3 Å². The van der Waals surface area contributed by atoms with Gasteiger partial charge >= 0.3 is 18.6 Å². The zero-order valence-corrected chi connectivity index (χ0v) is 11.7. The van der Waals surface area contributed by atoms with Gasteiger partial charge in [0.05, 0.1) is 19.3 Å². The van der Waals surface area contributed by atoms with Gasteiger partial charge < -0.3 is 14.2 Å². The van der Waals surface area contributed by atoms with E-state index in [1.807, 2.05) is 0 Å². The topological polar surface area (TPSA) is 61.8 Å². The SMILES string of the molecule is CCOC(=O)c1cc(OC(F)F)ccc1CCC(=O)OC. The van der Waals surface area contributed by atoms with Crippen LogP contribution in [0.25, 0.3) is 0 Å². The van der Waals surface area contributed by atoms with Gasteiger partial charge in [0, 0.05) is 6.42 Å². The molecule has 0 spiro atoms. The Morgan fingerprint density at radius 2 is 2.00 bits per heavy atom. The first kappa shape index (κ1) is 16.9. The molecule has 0 aliphatic rings. The Hall–Kier alpha value is -2.18. The Balaban J connectivity index is 2.99. The number of carbonyl (C=O) groups is 2. The molecule has 0 aromatic heterocycles. The standard InChI is InChI=1S/C14H16F2O5/c1-3-20-13(18)11-8-10(21-14(15)16)6-4-9(11)5-7-12(17)19-2/h4,6,8,14H,3,5,7H2,1-2H3. The Labute approximate surface area is 120 Å². The van der Waals surface area contributed by atoms with Gasteiger partial charge in [0.25, 0.3) is 0 Å². The molecule has 0 fully saturated rings. The summed E-state index contributed by atoms with van der Waals surface area (Å²) in [7, 11) is 1.26. The van der Waals surface area contributed by atoms with Crippen molar-refractivity contribution in [1.82, 2.24) is 0 Å². The molecule has 1 aromatic carbocycles. The molecule has 0 atom stereocenters. The summed E-state index contributed by atoms with van der Waals surface area (Å²) in [5, 5.41) is 0. The molecule has 0 aliphatic carbocycles. The molecule has 0 saturated heterocycles. The van der Waals surface area contributed by atoms with Gasteiger partial charge in [-0.3, -0.25) is 4.79 Å². The molecule has 0 saturated carbocycles. The van der Waals surface area contributed by atoms with E-state index in [2.05, 4.69) is 9.47 Å². The number of carbonyl (C=O) groups excluding carboxylic acids is 2. The van der Waals surface area contributed by atoms with E-state index in [9.17, 15) is 18.4 Å². The van der Waals surface area contributed by atoms with Crippen LogP contribution in [0.3, 0.4) is 0 Å². The van der Waals surface area contributed by atoms with Crippen molar-refractivity contribution in [3.05, 3.63) is 29.3 Å². The molecular formula is C14H16F2O5. The number of aryl methyl sites for hydroxylation is 1. The molecule has 7 heteroatoms. The van der Waals surface area contributed by atoms with E-state index in [1.54, 1.807) is 6.92 Å². The van der Waals surface area contributed by atoms with Gasteiger partial charge in [0.2, 0.25) is 0 Å². The van der Waals surface area contributed by atoms with Crippen molar-refractivity contribution < 1.29 is 32.6 Å². The van der Waals surface area contributed by atoms with Crippen molar-refractivity contribution >= 4 is 11.9 Å². The summed E-state index contributed by atoms with van der Waals surface area (Å²) >= 11 is 0. The van der Waals surface area contributed by atoms with Crippen molar-refractivity contribution in [1.29, 1.82) is 0 Å². The van der Waals surface area contributed by atoms with Crippen LogP contribution in [0.1, 0.15) is 29.3 Å². The largest absolute Gasteiger partial charge is 0.469 e. The number of rotatable bonds is 7. The molecule has 1 rings (SSSR count). The van der Waals surface area contributed by atoms with E-state index in [4.69, 9.17) is 4.74 Å². The average Bonchev–Trinajstić information content (AvgIpc) is 2.45. The minimum Gasteiger partial charge on any atom is -0.469 e. The first-order valence-electron chi connectivity index (χ1n) is 6.29. The fourth-order valence-corrected chi connectivity index (χ4v) is 1.69. The van der Waals surface area contributed by atoms with Crippen LogP contribution < -0.4 is 4.74 Å². The summed E-state index contributed by atoms with van der Waals surface area (Å²) in [6, 6.07) is 3.94. The fourth-order valence-electron chi connectivity index (χ4n) is 1.69. The zero-order chi connectivity index (χ0) is 15.8. The molecule has 1 aromatic rings. The predicted molar refractivity (Wildman–Crippen MR) is 69.4 cm³/mol. The Kier molecular flexibility index (Phi) is 6.58. The molecule has 5 nitrogen and oxygen atoms in total. The Morgan fingerprint density at radius 1 is 1.29 bits per heavy atom. The summed E-state index contributed by atoms with van der Waals surface area (Å²) in [6.45, 7) is -1.21. The lowest BCUT2D eigenvalue weighted by Crippen LogP contribution is -2.11. The third-order valence-electron chi connectivity index (χ3n) is 2.63. The van der Waals surface area contributed by atoms with E-state index in [0.717, 1.165) is 0 Å². The van der Waals surface area contributed by atoms with Crippen molar-refractivity contribution in [2.24, 2.45) is 0 Å². The molecule has 0 bridgehead atoms. The first-order valence-corrected chi connectivity index (χ1v) is 6.29. The molecule has 0 unspecified atom stereocenters. The highest BCUT2D eigenvalue weighted by Gasteiger charge is 2.16. The summed E-state index contributed by atoms with van der Waals surface area (Å²) in [5.74, 6) is -1.23. The van der Waals surface area contributed by atoms with Gasteiger partial charge in [-0.1, -0.05) is 6.07 Å². The smallest absolute Gasteiger partial charge is 0.387 e. The monoisotopic (exact) mass is 302 g/mol. The Morgan fingerprint density at radius 3 is 2.57 bits per heavy atom. The summed E-state index contributed by atoms with van der Waals surface area (Å²) in [6.07, 6.45) is 0.299. The van der Waals surface area contributed by atoms with Crippen LogP contribution in [0.2, 0.25) is 0 Å². The molecule has 0 aliphatic heterocycles. The molecule has 0 radical (unpaired) electrons. The molecular weight excluding hydrogens is 286 g/mol. The lowest BCUT2D eigenvalue weighted by atomic mass is 10.0. The van der Waals surface area contributed by atoms with Gasteiger partial charge in [-0.15, -0.1) is 0 Å². The third kappa shape index (κ3) is 5.37. The van der Waals surface area contributed by atoms with Crippen LogP contribution in [-0.4, -0.2) is 32.3 Å². The quantitative estimate of drug-likeness (QED) is 0.724. The number of alkyl halides is 2. The van der Waals surface area contributed by atoms with Crippen molar-refractivity contribution in [2.75, 3.05) is 13.7 Å². The second kappa shape index (κ2) is 8.18. The number of esters is 2. The molecule has 116 valence electrons. The van der Waals surface area contributed by atoms with E-state index >= 15 is 0 Å². The molecule has 21 heavy (non-hydrogen) atoms. The maximum Gasteiger partial charge on any atom is 0.387 e. The summed E-state index contributed by atoms with van der Waals surface area (Å²) < 4.78 is 38.0. The number of methoxy groups -OCH3 is 1. The lowest BCUT2D eigenvalue weighted by molar-refractivity contribution is -0.140. The van der Waals surface area contributed by atoms with Gasteiger partial charge in [-0.2, -0.15) is 8.78 Å². The van der Waals surface area contributed by atoms with E-state index in [-0.39, 0.29) is 30.8 Å². The minimum absolute atomic E-state index is 0.0674. The van der Waals surface area contributed by atoms with Crippen molar-refractivity contribution in [3.63, 3.8) is 0 Å². The summed E-state index contributed by atoms with van der Waals surface area (Å²) in [5.41, 5.74) is 0.597. The van der Waals surface area contributed by atoms with Crippen LogP contribution >= 0.6 is 0 Å². The van der Waals surface area contributed by atoms with Gasteiger partial charge in [0.1, 0.15) is 5.75 Å². The predicted octanol–water partition coefficient (Wildman–Crippen LogP) is 2.57. The molecule has 0 amide bonds. The van der Waals surface area contributed by atoms with Gasteiger partial charge in [-0.05, 0) is 31.0 Å². The fraction of sp³-hybridized carbons (Fsp3) is 0.429. The average molecular weight is 302 g/mol. The second-order valence-electron chi connectivity index (χ2n) is 3.99. The van der Waals surface area contributed by atoms with Gasteiger partial charge in [0.15, 0.2) is 0 Å². The first-order chi connectivity index (χ1) is 9.97. The van der Waals surface area contributed by atoms with Crippen molar-refractivity contribution in [3.8, 4) is 5.75 Å². The maximum absolute atomic E-state index is 12.2. The van der Waals surface area contributed by atoms with Gasteiger partial charge in [-0.25, -0.2) is 4.79 Å². The highest BCUT2D eigenvalue weighted by Crippen LogP contribution is 2.22. The number of benzene rings is 1. The molecule has 0 N–H and O–H groups in total. The van der Waals surface area contributed by atoms with Crippen LogP contribution in [0.4, 0.5) is 8.78 Å². The van der Waals surface area contributed by atoms with Crippen LogP contribution in [0.5, 0.6) is 5.75 Å². The Bertz CT molecular complexity index is 502. The maximum atomic E-state index is 12.2. The van der Waals surface area contributed by atoms with E-state index < -0.39 is 18.6 Å². The highest BCUT2D eigenvalue weighted by atomic mass is 19.3. The number of hydrogen-bond acceptors (Lipinski definition) is 5.